The summed E-state index contributed by atoms with van der Waals surface area (Å²) in [5.41, 5.74) is 0.489. The second kappa shape index (κ2) is 6.28. The third kappa shape index (κ3) is 2.66. The number of thiophene rings is 1. The monoisotopic (exact) mass is 356 g/mol. The van der Waals surface area contributed by atoms with Gasteiger partial charge in [0.25, 0.3) is 0 Å². The van der Waals surface area contributed by atoms with Gasteiger partial charge in [0, 0.05) is 10.0 Å². The van der Waals surface area contributed by atoms with Gasteiger partial charge in [-0.25, -0.2) is 0 Å². The highest BCUT2D eigenvalue weighted by Crippen LogP contribution is 2.39. The minimum atomic E-state index is -0.0915. The van der Waals surface area contributed by atoms with Crippen LogP contribution in [-0.2, 0) is 0 Å². The first kappa shape index (κ1) is 14.9. The number of benzene rings is 1. The maximum Gasteiger partial charge on any atom is 0.204 e. The van der Waals surface area contributed by atoms with Crippen LogP contribution in [-0.4, -0.2) is 27.1 Å². The molecule has 1 aromatic carbocycles. The largest absolute Gasteiger partial charge is 0.493 e. The second-order valence-corrected chi connectivity index (χ2v) is 5.61. The van der Waals surface area contributed by atoms with E-state index in [0.29, 0.717) is 27.7 Å². The zero-order valence-corrected chi connectivity index (χ0v) is 13.6. The van der Waals surface area contributed by atoms with Gasteiger partial charge >= 0.3 is 0 Å². The molecular formula is C14H13BrO4S. The molecule has 2 rings (SSSR count). The van der Waals surface area contributed by atoms with E-state index in [2.05, 4.69) is 15.9 Å². The van der Waals surface area contributed by atoms with Crippen LogP contribution in [0.5, 0.6) is 17.2 Å². The van der Waals surface area contributed by atoms with E-state index in [9.17, 15) is 4.79 Å². The van der Waals surface area contributed by atoms with Crippen LogP contribution in [0.4, 0.5) is 0 Å². The van der Waals surface area contributed by atoms with Gasteiger partial charge in [-0.1, -0.05) is 0 Å². The van der Waals surface area contributed by atoms with Crippen molar-refractivity contribution < 1.29 is 19.0 Å². The molecule has 0 spiro atoms. The maximum atomic E-state index is 12.5. The maximum absolute atomic E-state index is 12.5. The molecule has 0 radical (unpaired) electrons. The summed E-state index contributed by atoms with van der Waals surface area (Å²) in [6, 6.07) is 5.14. The predicted molar refractivity (Wildman–Crippen MR) is 81.5 cm³/mol. The van der Waals surface area contributed by atoms with Crippen LogP contribution in [0.25, 0.3) is 0 Å². The molecule has 0 saturated carbocycles. The van der Waals surface area contributed by atoms with Crippen molar-refractivity contribution >= 4 is 33.0 Å². The summed E-state index contributed by atoms with van der Waals surface area (Å²) in [5, 5.41) is 1.86. The SMILES string of the molecule is COc1cc(C(=O)c2sccc2Br)cc(OC)c1OC. The number of hydrogen-bond acceptors (Lipinski definition) is 5. The fourth-order valence-electron chi connectivity index (χ4n) is 1.80. The Hall–Kier alpha value is -1.53. The Kier molecular flexibility index (Phi) is 4.67. The number of rotatable bonds is 5. The topological polar surface area (TPSA) is 44.8 Å². The van der Waals surface area contributed by atoms with Crippen molar-refractivity contribution in [3.05, 3.63) is 38.5 Å². The zero-order valence-electron chi connectivity index (χ0n) is 11.2. The Labute approximate surface area is 129 Å². The standard InChI is InChI=1S/C14H13BrO4S/c1-17-10-6-8(7-11(18-2)13(10)19-3)12(16)14-9(15)4-5-20-14/h4-7H,1-3H3. The summed E-state index contributed by atoms with van der Waals surface area (Å²) in [7, 11) is 4.57. The molecule has 0 aliphatic heterocycles. The lowest BCUT2D eigenvalue weighted by Crippen LogP contribution is -2.03. The van der Waals surface area contributed by atoms with Crippen LogP contribution in [0, 0.1) is 0 Å². The van der Waals surface area contributed by atoms with E-state index in [4.69, 9.17) is 14.2 Å². The zero-order chi connectivity index (χ0) is 14.7. The highest BCUT2D eigenvalue weighted by molar-refractivity contribution is 9.10. The van der Waals surface area contributed by atoms with Gasteiger partial charge < -0.3 is 14.2 Å². The van der Waals surface area contributed by atoms with Crippen molar-refractivity contribution in [1.82, 2.24) is 0 Å². The summed E-state index contributed by atoms with van der Waals surface area (Å²) in [6.45, 7) is 0. The van der Waals surface area contributed by atoms with Crippen LogP contribution >= 0.6 is 27.3 Å². The van der Waals surface area contributed by atoms with Crippen molar-refractivity contribution in [1.29, 1.82) is 0 Å². The molecule has 106 valence electrons. The van der Waals surface area contributed by atoms with Gasteiger partial charge in [-0.05, 0) is 39.5 Å². The molecule has 6 heteroatoms. The number of halogens is 1. The molecule has 1 heterocycles. The molecule has 4 nitrogen and oxygen atoms in total. The first-order valence-corrected chi connectivity index (χ1v) is 7.37. The minimum absolute atomic E-state index is 0.0915. The minimum Gasteiger partial charge on any atom is -0.493 e. The number of ketones is 1. The van der Waals surface area contributed by atoms with Crippen molar-refractivity contribution in [2.75, 3.05) is 21.3 Å². The van der Waals surface area contributed by atoms with E-state index in [0.717, 1.165) is 4.47 Å². The van der Waals surface area contributed by atoms with Gasteiger partial charge in [-0.2, -0.15) is 0 Å². The number of ether oxygens (including phenoxy) is 3. The van der Waals surface area contributed by atoms with Crippen molar-refractivity contribution in [2.24, 2.45) is 0 Å². The molecular weight excluding hydrogens is 344 g/mol. The first-order valence-electron chi connectivity index (χ1n) is 5.70. The molecule has 0 amide bonds. The highest BCUT2D eigenvalue weighted by atomic mass is 79.9. The second-order valence-electron chi connectivity index (χ2n) is 3.84. The molecule has 20 heavy (non-hydrogen) atoms. The Balaban J connectivity index is 2.53. The van der Waals surface area contributed by atoms with E-state index in [1.165, 1.54) is 32.7 Å². The van der Waals surface area contributed by atoms with Gasteiger partial charge in [0.15, 0.2) is 11.5 Å². The van der Waals surface area contributed by atoms with Crippen molar-refractivity contribution in [3.8, 4) is 17.2 Å². The Morgan fingerprint density at radius 3 is 2.10 bits per heavy atom. The van der Waals surface area contributed by atoms with Crippen LogP contribution < -0.4 is 14.2 Å². The average Bonchev–Trinajstić information content (AvgIpc) is 2.90. The summed E-state index contributed by atoms with van der Waals surface area (Å²) in [5.74, 6) is 1.30. The lowest BCUT2D eigenvalue weighted by Gasteiger charge is -2.13. The smallest absolute Gasteiger partial charge is 0.204 e. The Morgan fingerprint density at radius 2 is 1.70 bits per heavy atom. The molecule has 2 aromatic rings. The number of carbonyl (C=O) groups is 1. The fourth-order valence-corrected chi connectivity index (χ4v) is 3.31. The van der Waals surface area contributed by atoms with Crippen molar-refractivity contribution in [3.63, 3.8) is 0 Å². The third-order valence-corrected chi connectivity index (χ3v) is 4.59. The van der Waals surface area contributed by atoms with Crippen LogP contribution in [0.2, 0.25) is 0 Å². The molecule has 0 saturated heterocycles. The fraction of sp³-hybridized carbons (Fsp3) is 0.214. The van der Waals surface area contributed by atoms with E-state index >= 15 is 0 Å². The Bertz CT molecular complexity index is 611. The van der Waals surface area contributed by atoms with Crippen LogP contribution in [0.3, 0.4) is 0 Å². The first-order chi connectivity index (χ1) is 9.62. The number of hydrogen-bond donors (Lipinski definition) is 0. The Morgan fingerprint density at radius 1 is 1.10 bits per heavy atom. The average molecular weight is 357 g/mol. The summed E-state index contributed by atoms with van der Waals surface area (Å²) in [4.78, 5) is 13.1. The quantitative estimate of drug-likeness (QED) is 0.765. The van der Waals surface area contributed by atoms with Gasteiger partial charge in [0.1, 0.15) is 0 Å². The molecule has 0 N–H and O–H groups in total. The molecule has 0 unspecified atom stereocenters. The molecule has 0 aliphatic carbocycles. The van der Waals surface area contributed by atoms with Crippen LogP contribution in [0.15, 0.2) is 28.1 Å². The van der Waals surface area contributed by atoms with Crippen LogP contribution in [0.1, 0.15) is 15.2 Å². The van der Waals surface area contributed by atoms with E-state index < -0.39 is 0 Å². The van der Waals surface area contributed by atoms with E-state index in [-0.39, 0.29) is 5.78 Å². The van der Waals surface area contributed by atoms with Gasteiger partial charge in [0.05, 0.1) is 26.2 Å². The molecule has 1 aromatic heterocycles. The lowest BCUT2D eigenvalue weighted by atomic mass is 10.1. The number of methoxy groups -OCH3 is 3. The highest BCUT2D eigenvalue weighted by Gasteiger charge is 2.20. The van der Waals surface area contributed by atoms with Crippen molar-refractivity contribution in [2.45, 2.75) is 0 Å². The molecule has 0 bridgehead atoms. The summed E-state index contributed by atoms with van der Waals surface area (Å²) < 4.78 is 16.5. The lowest BCUT2D eigenvalue weighted by molar-refractivity contribution is 0.104. The third-order valence-electron chi connectivity index (χ3n) is 2.75. The summed E-state index contributed by atoms with van der Waals surface area (Å²) in [6.07, 6.45) is 0. The normalized spacial score (nSPS) is 10.2. The van der Waals surface area contributed by atoms with Gasteiger partial charge in [0.2, 0.25) is 11.5 Å². The molecule has 0 atom stereocenters. The predicted octanol–water partition coefficient (Wildman–Crippen LogP) is 3.77. The molecule has 0 aliphatic rings. The number of carbonyl (C=O) groups excluding carboxylic acids is 1. The van der Waals surface area contributed by atoms with E-state index in [1.807, 2.05) is 11.4 Å². The van der Waals surface area contributed by atoms with Gasteiger partial charge in [-0.15, -0.1) is 11.3 Å². The van der Waals surface area contributed by atoms with Gasteiger partial charge in [-0.3, -0.25) is 4.79 Å². The molecule has 0 fully saturated rings. The van der Waals surface area contributed by atoms with E-state index in [1.54, 1.807) is 12.1 Å². The summed E-state index contributed by atoms with van der Waals surface area (Å²) >= 11 is 4.75.